The molecule has 1 amide bonds. The number of hydrogen-bond acceptors (Lipinski definition) is 7. The molecule has 42 heavy (non-hydrogen) atoms. The van der Waals surface area contributed by atoms with Crippen LogP contribution in [0.3, 0.4) is 0 Å². The molecule has 0 spiro atoms. The maximum Gasteiger partial charge on any atom is 0.415 e. The highest BCUT2D eigenvalue weighted by Gasteiger charge is 2.30. The van der Waals surface area contributed by atoms with Crippen LogP contribution in [0.4, 0.5) is 4.79 Å². The molecule has 1 fully saturated rings. The normalized spacial score (nSPS) is 16.9. The van der Waals surface area contributed by atoms with E-state index >= 15 is 0 Å². The highest BCUT2D eigenvalue weighted by Crippen LogP contribution is 2.37. The van der Waals surface area contributed by atoms with Gasteiger partial charge in [0.25, 0.3) is 0 Å². The summed E-state index contributed by atoms with van der Waals surface area (Å²) in [5.74, 6) is 1.51. The lowest BCUT2D eigenvalue weighted by atomic mass is 10.1. The minimum Gasteiger partial charge on any atom is -0.497 e. The molecular weight excluding hydrogens is 532 g/mol. The van der Waals surface area contributed by atoms with E-state index in [2.05, 4.69) is 34.4 Å². The molecule has 2 aromatic carbocycles. The topological polar surface area (TPSA) is 76.5 Å². The molecule has 0 bridgehead atoms. The summed E-state index contributed by atoms with van der Waals surface area (Å²) < 4.78 is 19.6. The summed E-state index contributed by atoms with van der Waals surface area (Å²) in [6.45, 7) is 15.9. The molecule has 9 heteroatoms. The lowest BCUT2D eigenvalue weighted by molar-refractivity contribution is 0.101. The van der Waals surface area contributed by atoms with Gasteiger partial charge in [0.15, 0.2) is 5.76 Å². The molecule has 1 saturated heterocycles. The third-order valence-corrected chi connectivity index (χ3v) is 8.26. The second-order valence-corrected chi connectivity index (χ2v) is 11.7. The van der Waals surface area contributed by atoms with E-state index in [1.165, 1.54) is 0 Å². The first-order valence-corrected chi connectivity index (χ1v) is 14.7. The number of aromatic nitrogens is 1. The van der Waals surface area contributed by atoms with Crippen LogP contribution in [0.1, 0.15) is 49.3 Å². The Labute approximate surface area is 248 Å². The van der Waals surface area contributed by atoms with Crippen LogP contribution >= 0.6 is 0 Å². The second-order valence-electron chi connectivity index (χ2n) is 11.7. The third kappa shape index (κ3) is 5.89. The molecule has 224 valence electrons. The number of fused-ring (bicyclic) bond motifs is 2. The van der Waals surface area contributed by atoms with Crippen LogP contribution in [0.25, 0.3) is 17.0 Å². The molecule has 0 N–H and O–H groups in total. The quantitative estimate of drug-likeness (QED) is 0.332. The summed E-state index contributed by atoms with van der Waals surface area (Å²) >= 11 is 0. The molecule has 1 aromatic heterocycles. The Hall–Kier alpha value is -3.82. The number of carbonyl (C=O) groups excluding carboxylic acids is 2. The molecule has 0 saturated carbocycles. The van der Waals surface area contributed by atoms with Crippen molar-refractivity contribution < 1.29 is 23.8 Å². The van der Waals surface area contributed by atoms with Crippen LogP contribution in [0.5, 0.6) is 17.2 Å². The van der Waals surface area contributed by atoms with Crippen molar-refractivity contribution >= 4 is 28.9 Å². The summed E-state index contributed by atoms with van der Waals surface area (Å²) in [6, 6.07) is 11.0. The summed E-state index contributed by atoms with van der Waals surface area (Å²) in [7, 11) is 3.82. The van der Waals surface area contributed by atoms with Crippen molar-refractivity contribution in [3.05, 3.63) is 59.0 Å². The molecule has 3 heterocycles. The number of hydrogen-bond donors (Lipinski definition) is 0. The van der Waals surface area contributed by atoms with E-state index in [-0.39, 0.29) is 23.6 Å². The summed E-state index contributed by atoms with van der Waals surface area (Å²) in [5, 5.41) is 1.00. The molecule has 0 unspecified atom stereocenters. The minimum atomic E-state index is -0.436. The van der Waals surface area contributed by atoms with Crippen LogP contribution in [0.2, 0.25) is 0 Å². The van der Waals surface area contributed by atoms with Gasteiger partial charge < -0.3 is 28.6 Å². The van der Waals surface area contributed by atoms with Gasteiger partial charge in [-0.2, -0.15) is 0 Å². The average molecular weight is 575 g/mol. The monoisotopic (exact) mass is 574 g/mol. The summed E-state index contributed by atoms with van der Waals surface area (Å²) in [6.07, 6.45) is 1.39. The first kappa shape index (κ1) is 29.7. The fourth-order valence-corrected chi connectivity index (χ4v) is 5.93. The van der Waals surface area contributed by atoms with Crippen LogP contribution in [0.15, 0.2) is 42.2 Å². The molecule has 0 aliphatic carbocycles. The fraction of sp³-hybridized carbons (Fsp3) is 0.455. The SMILES string of the molecule is COc1ccc2c(c1)c(/C=C1\Oc3cc(OC(=O)N(C(C)C)C(C)C)ccc3C1=O)c(C)n2CCN1CCN(C)CC1. The van der Waals surface area contributed by atoms with E-state index in [1.807, 2.05) is 45.9 Å². The highest BCUT2D eigenvalue weighted by molar-refractivity contribution is 6.15. The number of benzene rings is 2. The Kier molecular flexibility index (Phi) is 8.61. The number of ether oxygens (including phenoxy) is 3. The van der Waals surface area contributed by atoms with Gasteiger partial charge in [0.05, 0.1) is 12.7 Å². The van der Waals surface area contributed by atoms with Crippen molar-refractivity contribution in [3.8, 4) is 17.2 Å². The lowest BCUT2D eigenvalue weighted by Crippen LogP contribution is -2.45. The largest absolute Gasteiger partial charge is 0.497 e. The maximum atomic E-state index is 13.4. The highest BCUT2D eigenvalue weighted by atomic mass is 16.6. The second kappa shape index (κ2) is 12.2. The Morgan fingerprint density at radius 3 is 2.36 bits per heavy atom. The zero-order valence-electron chi connectivity index (χ0n) is 25.8. The molecule has 0 atom stereocenters. The van der Waals surface area contributed by atoms with Gasteiger partial charge in [0, 0.05) is 79.6 Å². The van der Waals surface area contributed by atoms with Gasteiger partial charge in [-0.25, -0.2) is 4.79 Å². The number of likely N-dealkylation sites (N-methyl/N-ethyl adjacent to an activating group) is 1. The number of Topliss-reactive ketones (excluding diaryl/α,β-unsaturated/α-hetero) is 1. The molecule has 2 aliphatic rings. The van der Waals surface area contributed by atoms with Crippen molar-refractivity contribution in [2.75, 3.05) is 46.9 Å². The third-order valence-electron chi connectivity index (χ3n) is 8.26. The van der Waals surface area contributed by atoms with E-state index in [0.29, 0.717) is 17.1 Å². The van der Waals surface area contributed by atoms with Gasteiger partial charge in [-0.3, -0.25) is 9.69 Å². The van der Waals surface area contributed by atoms with E-state index < -0.39 is 6.09 Å². The van der Waals surface area contributed by atoms with Crippen molar-refractivity contribution in [2.45, 2.75) is 53.2 Å². The number of carbonyl (C=O) groups is 2. The van der Waals surface area contributed by atoms with Crippen molar-refractivity contribution in [1.82, 2.24) is 19.3 Å². The molecule has 5 rings (SSSR count). The minimum absolute atomic E-state index is 0.00941. The smallest absolute Gasteiger partial charge is 0.415 e. The van der Waals surface area contributed by atoms with Crippen LogP contribution < -0.4 is 14.2 Å². The average Bonchev–Trinajstić information content (AvgIpc) is 3.39. The zero-order valence-corrected chi connectivity index (χ0v) is 25.8. The molecule has 0 radical (unpaired) electrons. The number of allylic oxidation sites excluding steroid dienone is 1. The Bertz CT molecular complexity index is 1510. The van der Waals surface area contributed by atoms with Crippen LogP contribution in [-0.4, -0.2) is 90.1 Å². The number of rotatable bonds is 8. The lowest BCUT2D eigenvalue weighted by Gasteiger charge is -2.32. The number of ketones is 1. The van der Waals surface area contributed by atoms with E-state index in [0.717, 1.165) is 67.2 Å². The standard InChI is InChI=1S/C33H42N4O5/c1-21(2)37(22(3)4)33(39)41-25-8-10-26-30(19-25)42-31(32(26)38)20-27-23(5)36(17-16-35-14-12-34(6)13-15-35)29-11-9-24(40-7)18-28(27)29/h8-11,18-22H,12-17H2,1-7H3/b31-20-. The van der Waals surface area contributed by atoms with Crippen LogP contribution in [0, 0.1) is 6.92 Å². The number of nitrogens with zero attached hydrogens (tertiary/aromatic N) is 4. The van der Waals surface area contributed by atoms with Crippen molar-refractivity contribution in [3.63, 3.8) is 0 Å². The van der Waals surface area contributed by atoms with E-state index in [4.69, 9.17) is 14.2 Å². The predicted molar refractivity (Wildman–Crippen MR) is 165 cm³/mol. The van der Waals surface area contributed by atoms with Gasteiger partial charge in [-0.1, -0.05) is 0 Å². The van der Waals surface area contributed by atoms with Gasteiger partial charge >= 0.3 is 6.09 Å². The zero-order chi connectivity index (χ0) is 30.1. The number of amides is 1. The van der Waals surface area contributed by atoms with E-state index in [1.54, 1.807) is 30.2 Å². The molecular formula is C33H42N4O5. The van der Waals surface area contributed by atoms with Crippen molar-refractivity contribution in [1.29, 1.82) is 0 Å². The van der Waals surface area contributed by atoms with E-state index in [9.17, 15) is 9.59 Å². The summed E-state index contributed by atoms with van der Waals surface area (Å²) in [5.41, 5.74) is 3.52. The molecule has 2 aliphatic heterocycles. The Morgan fingerprint density at radius 1 is 1.00 bits per heavy atom. The Morgan fingerprint density at radius 2 is 1.69 bits per heavy atom. The number of methoxy groups -OCH3 is 1. The van der Waals surface area contributed by atoms with Gasteiger partial charge in [0.2, 0.25) is 5.78 Å². The van der Waals surface area contributed by atoms with Gasteiger partial charge in [-0.05, 0) is 78.1 Å². The first-order chi connectivity index (χ1) is 20.1. The van der Waals surface area contributed by atoms with Gasteiger partial charge in [0.1, 0.15) is 17.2 Å². The number of piperazine rings is 1. The molecule has 3 aromatic rings. The molecule has 9 nitrogen and oxygen atoms in total. The van der Waals surface area contributed by atoms with Crippen LogP contribution in [-0.2, 0) is 6.54 Å². The maximum absolute atomic E-state index is 13.4. The predicted octanol–water partition coefficient (Wildman–Crippen LogP) is 5.44. The fourth-order valence-electron chi connectivity index (χ4n) is 5.93. The van der Waals surface area contributed by atoms with Crippen molar-refractivity contribution in [2.24, 2.45) is 0 Å². The first-order valence-electron chi connectivity index (χ1n) is 14.7. The summed E-state index contributed by atoms with van der Waals surface area (Å²) in [4.78, 5) is 32.8. The Balaban J connectivity index is 1.42. The van der Waals surface area contributed by atoms with Gasteiger partial charge in [-0.15, -0.1) is 0 Å².